The number of carbonyl (C=O) groups is 2. The summed E-state index contributed by atoms with van der Waals surface area (Å²) in [6, 6.07) is 23.2. The standard InChI is InChI=1S/C23H20N6O3S/c1-29-23(26-27-28-29)33-15-21(30)24-17-9-7-16(8-10-17)22(31)25-18-11-13-20(14-12-18)32-19-5-3-2-4-6-19/h2-14H,15H2,1H3,(H,24,30)(H,25,31). The van der Waals surface area contributed by atoms with E-state index >= 15 is 0 Å². The molecule has 0 saturated heterocycles. The highest BCUT2D eigenvalue weighted by Gasteiger charge is 2.10. The summed E-state index contributed by atoms with van der Waals surface area (Å²) in [6.07, 6.45) is 0. The molecule has 1 aromatic heterocycles. The van der Waals surface area contributed by atoms with Crippen LogP contribution in [0.4, 0.5) is 11.4 Å². The third kappa shape index (κ3) is 6.17. The molecule has 4 aromatic rings. The lowest BCUT2D eigenvalue weighted by Gasteiger charge is -2.09. The summed E-state index contributed by atoms with van der Waals surface area (Å²) in [5.74, 6) is 1.13. The van der Waals surface area contributed by atoms with Crippen LogP contribution in [0.3, 0.4) is 0 Å². The Morgan fingerprint density at radius 3 is 2.18 bits per heavy atom. The second-order valence-electron chi connectivity index (χ2n) is 6.89. The summed E-state index contributed by atoms with van der Waals surface area (Å²) in [5.41, 5.74) is 1.71. The Balaban J connectivity index is 1.28. The van der Waals surface area contributed by atoms with Gasteiger partial charge >= 0.3 is 0 Å². The molecule has 10 heteroatoms. The number of benzene rings is 3. The fraction of sp³-hybridized carbons (Fsp3) is 0.0870. The molecule has 0 spiro atoms. The van der Waals surface area contributed by atoms with Gasteiger partial charge in [0.1, 0.15) is 11.5 Å². The predicted octanol–water partition coefficient (Wildman–Crippen LogP) is 3.99. The van der Waals surface area contributed by atoms with Crippen LogP contribution in [-0.2, 0) is 11.8 Å². The molecule has 3 aromatic carbocycles. The van der Waals surface area contributed by atoms with Gasteiger partial charge in [0, 0.05) is 24.0 Å². The molecule has 0 saturated carbocycles. The maximum absolute atomic E-state index is 12.5. The van der Waals surface area contributed by atoms with Gasteiger partial charge in [-0.05, 0) is 71.1 Å². The van der Waals surface area contributed by atoms with Crippen molar-refractivity contribution in [1.29, 1.82) is 0 Å². The highest BCUT2D eigenvalue weighted by molar-refractivity contribution is 7.99. The third-order valence-electron chi connectivity index (χ3n) is 4.44. The van der Waals surface area contributed by atoms with Crippen molar-refractivity contribution < 1.29 is 14.3 Å². The van der Waals surface area contributed by atoms with E-state index in [1.165, 1.54) is 16.4 Å². The number of ether oxygens (including phenoxy) is 1. The summed E-state index contributed by atoms with van der Waals surface area (Å²) in [6.45, 7) is 0. The average molecular weight is 461 g/mol. The Bertz CT molecular complexity index is 1230. The highest BCUT2D eigenvalue weighted by Crippen LogP contribution is 2.23. The molecule has 2 amide bonds. The van der Waals surface area contributed by atoms with Crippen molar-refractivity contribution in [1.82, 2.24) is 20.2 Å². The normalized spacial score (nSPS) is 10.5. The molecule has 9 nitrogen and oxygen atoms in total. The zero-order chi connectivity index (χ0) is 23.0. The lowest BCUT2D eigenvalue weighted by Crippen LogP contribution is -2.15. The number of tetrazole rings is 1. The van der Waals surface area contributed by atoms with Crippen LogP contribution < -0.4 is 15.4 Å². The second kappa shape index (κ2) is 10.4. The first-order valence-electron chi connectivity index (χ1n) is 9.96. The number of carbonyl (C=O) groups excluding carboxylic acids is 2. The van der Waals surface area contributed by atoms with E-state index in [-0.39, 0.29) is 17.6 Å². The number of aryl methyl sites for hydroxylation is 1. The number of rotatable bonds is 8. The number of aromatic nitrogens is 4. The average Bonchev–Trinajstić information content (AvgIpc) is 3.25. The zero-order valence-electron chi connectivity index (χ0n) is 17.6. The predicted molar refractivity (Wildman–Crippen MR) is 126 cm³/mol. The van der Waals surface area contributed by atoms with Crippen molar-refractivity contribution >= 4 is 35.0 Å². The summed E-state index contributed by atoms with van der Waals surface area (Å²) >= 11 is 1.23. The van der Waals surface area contributed by atoms with E-state index in [9.17, 15) is 9.59 Å². The second-order valence-corrected chi connectivity index (χ2v) is 7.84. The maximum Gasteiger partial charge on any atom is 0.255 e. The molecule has 0 bridgehead atoms. The van der Waals surface area contributed by atoms with Gasteiger partial charge < -0.3 is 15.4 Å². The monoisotopic (exact) mass is 460 g/mol. The number of anilines is 2. The SMILES string of the molecule is Cn1nnnc1SCC(=O)Nc1ccc(C(=O)Nc2ccc(Oc3ccccc3)cc2)cc1. The highest BCUT2D eigenvalue weighted by atomic mass is 32.2. The number of thioether (sulfide) groups is 1. The fourth-order valence-corrected chi connectivity index (χ4v) is 3.46. The van der Waals surface area contributed by atoms with Crippen molar-refractivity contribution in [3.63, 3.8) is 0 Å². The minimum atomic E-state index is -0.255. The molecule has 0 fully saturated rings. The molecule has 0 atom stereocenters. The molecule has 0 radical (unpaired) electrons. The summed E-state index contributed by atoms with van der Waals surface area (Å²) in [4.78, 5) is 24.7. The summed E-state index contributed by atoms with van der Waals surface area (Å²) < 4.78 is 7.25. The number of nitrogens with zero attached hydrogens (tertiary/aromatic N) is 4. The lowest BCUT2D eigenvalue weighted by molar-refractivity contribution is -0.113. The Kier molecular flexibility index (Phi) is 6.96. The molecular weight excluding hydrogens is 440 g/mol. The van der Waals surface area contributed by atoms with Crippen molar-refractivity contribution in [3.8, 4) is 11.5 Å². The molecular formula is C23H20N6O3S. The van der Waals surface area contributed by atoms with Crippen LogP contribution >= 0.6 is 11.8 Å². The molecule has 2 N–H and O–H groups in total. The van der Waals surface area contributed by atoms with Gasteiger partial charge in [-0.1, -0.05) is 30.0 Å². The zero-order valence-corrected chi connectivity index (χ0v) is 18.5. The van der Waals surface area contributed by atoms with Crippen LogP contribution in [0.15, 0.2) is 84.0 Å². The number of amides is 2. The van der Waals surface area contributed by atoms with E-state index < -0.39 is 0 Å². The number of hydrogen-bond donors (Lipinski definition) is 2. The van der Waals surface area contributed by atoms with Gasteiger partial charge in [-0.15, -0.1) is 5.10 Å². The minimum absolute atomic E-state index is 0.167. The molecule has 33 heavy (non-hydrogen) atoms. The van der Waals surface area contributed by atoms with Crippen molar-refractivity contribution in [2.45, 2.75) is 5.16 Å². The van der Waals surface area contributed by atoms with E-state index in [4.69, 9.17) is 4.74 Å². The third-order valence-corrected chi connectivity index (χ3v) is 5.45. The molecule has 0 aliphatic heterocycles. The minimum Gasteiger partial charge on any atom is -0.457 e. The molecule has 1 heterocycles. The van der Waals surface area contributed by atoms with E-state index in [1.807, 2.05) is 30.3 Å². The number of hydrogen-bond acceptors (Lipinski definition) is 7. The Morgan fingerprint density at radius 1 is 0.879 bits per heavy atom. The summed E-state index contributed by atoms with van der Waals surface area (Å²) in [5, 5.41) is 17.2. The quantitative estimate of drug-likeness (QED) is 0.383. The Hall–Kier alpha value is -4.18. The van der Waals surface area contributed by atoms with E-state index in [2.05, 4.69) is 26.2 Å². The maximum atomic E-state index is 12.5. The van der Waals surface area contributed by atoms with Crippen LogP contribution in [0.2, 0.25) is 0 Å². The molecule has 0 aliphatic rings. The summed E-state index contributed by atoms with van der Waals surface area (Å²) in [7, 11) is 1.71. The Labute approximate surface area is 194 Å². The number of para-hydroxylation sites is 1. The van der Waals surface area contributed by atoms with Gasteiger partial charge in [0.25, 0.3) is 5.91 Å². The smallest absolute Gasteiger partial charge is 0.255 e. The molecule has 166 valence electrons. The van der Waals surface area contributed by atoms with Crippen LogP contribution in [0, 0.1) is 0 Å². The van der Waals surface area contributed by atoms with Crippen molar-refractivity contribution in [2.24, 2.45) is 7.05 Å². The van der Waals surface area contributed by atoms with Gasteiger partial charge in [0.15, 0.2) is 0 Å². The number of nitrogens with one attached hydrogen (secondary N) is 2. The topological polar surface area (TPSA) is 111 Å². The van der Waals surface area contributed by atoms with Crippen molar-refractivity contribution in [3.05, 3.63) is 84.4 Å². The van der Waals surface area contributed by atoms with Crippen molar-refractivity contribution in [2.75, 3.05) is 16.4 Å². The first-order valence-corrected chi connectivity index (χ1v) is 10.9. The van der Waals surface area contributed by atoms with Crippen LogP contribution in [0.1, 0.15) is 10.4 Å². The van der Waals surface area contributed by atoms with E-state index in [1.54, 1.807) is 55.6 Å². The lowest BCUT2D eigenvalue weighted by atomic mass is 10.2. The van der Waals surface area contributed by atoms with Gasteiger partial charge in [-0.25, -0.2) is 4.68 Å². The first-order chi connectivity index (χ1) is 16.1. The molecule has 4 rings (SSSR count). The van der Waals surface area contributed by atoms with E-state index in [0.717, 1.165) is 5.75 Å². The Morgan fingerprint density at radius 2 is 1.52 bits per heavy atom. The van der Waals surface area contributed by atoms with Gasteiger partial charge in [-0.2, -0.15) is 0 Å². The van der Waals surface area contributed by atoms with Gasteiger partial charge in [0.05, 0.1) is 5.75 Å². The fourth-order valence-electron chi connectivity index (χ4n) is 2.81. The largest absolute Gasteiger partial charge is 0.457 e. The van der Waals surface area contributed by atoms with Crippen LogP contribution in [-0.4, -0.2) is 37.8 Å². The van der Waals surface area contributed by atoms with Gasteiger partial charge in [0.2, 0.25) is 11.1 Å². The first kappa shape index (κ1) is 22.0. The molecule has 0 unspecified atom stereocenters. The molecule has 0 aliphatic carbocycles. The van der Waals surface area contributed by atoms with E-state index in [0.29, 0.717) is 27.8 Å². The van der Waals surface area contributed by atoms with Gasteiger partial charge in [-0.3, -0.25) is 9.59 Å². The van der Waals surface area contributed by atoms with Crippen LogP contribution in [0.5, 0.6) is 11.5 Å². The van der Waals surface area contributed by atoms with Crippen LogP contribution in [0.25, 0.3) is 0 Å².